The highest BCUT2D eigenvalue weighted by atomic mass is 79.9. The van der Waals surface area contributed by atoms with Crippen LogP contribution in [0.1, 0.15) is 32.3 Å². The first-order chi connectivity index (χ1) is 8.03. The van der Waals surface area contributed by atoms with Crippen LogP contribution >= 0.6 is 27.5 Å². The summed E-state index contributed by atoms with van der Waals surface area (Å²) in [4.78, 5) is 2.48. The number of alkyl halides is 1. The van der Waals surface area contributed by atoms with Crippen LogP contribution in [-0.2, 0) is 5.33 Å². The van der Waals surface area contributed by atoms with E-state index in [0.717, 1.165) is 23.4 Å². The van der Waals surface area contributed by atoms with Crippen molar-refractivity contribution in [2.24, 2.45) is 5.41 Å². The van der Waals surface area contributed by atoms with E-state index in [4.69, 9.17) is 11.6 Å². The third-order valence-corrected chi connectivity index (χ3v) is 4.38. The molecule has 1 aliphatic rings. The van der Waals surface area contributed by atoms with Crippen molar-refractivity contribution in [1.29, 1.82) is 0 Å². The summed E-state index contributed by atoms with van der Waals surface area (Å²) >= 11 is 9.81. The molecule has 0 aromatic heterocycles. The maximum atomic E-state index is 6.26. The van der Waals surface area contributed by atoms with Gasteiger partial charge in [-0.25, -0.2) is 0 Å². The predicted molar refractivity (Wildman–Crippen MR) is 79.3 cm³/mol. The smallest absolute Gasteiger partial charge is 0.0467 e. The van der Waals surface area contributed by atoms with Crippen LogP contribution in [0.3, 0.4) is 0 Å². The van der Waals surface area contributed by atoms with Gasteiger partial charge in [-0.05, 0) is 30.4 Å². The quantitative estimate of drug-likeness (QED) is 0.704. The second kappa shape index (κ2) is 5.19. The van der Waals surface area contributed by atoms with Crippen LogP contribution < -0.4 is 4.90 Å². The number of hydrogen-bond donors (Lipinski definition) is 0. The van der Waals surface area contributed by atoms with Gasteiger partial charge in [-0.15, -0.1) is 0 Å². The second-order valence-electron chi connectivity index (χ2n) is 5.56. The molecule has 0 saturated carbocycles. The van der Waals surface area contributed by atoms with Crippen molar-refractivity contribution in [3.05, 3.63) is 28.8 Å². The van der Waals surface area contributed by atoms with Gasteiger partial charge in [0.1, 0.15) is 0 Å². The van der Waals surface area contributed by atoms with E-state index in [1.165, 1.54) is 24.1 Å². The summed E-state index contributed by atoms with van der Waals surface area (Å²) in [6, 6.07) is 6.20. The molecule has 1 aromatic rings. The van der Waals surface area contributed by atoms with Crippen molar-refractivity contribution >= 4 is 33.2 Å². The molecule has 0 bridgehead atoms. The third-order valence-electron chi connectivity index (χ3n) is 3.47. The summed E-state index contributed by atoms with van der Waals surface area (Å²) in [5.41, 5.74) is 2.92. The number of hydrogen-bond acceptors (Lipinski definition) is 1. The van der Waals surface area contributed by atoms with Crippen molar-refractivity contribution in [2.75, 3.05) is 18.0 Å². The third kappa shape index (κ3) is 2.97. The number of piperidine rings is 1. The van der Waals surface area contributed by atoms with Gasteiger partial charge in [-0.1, -0.05) is 47.4 Å². The minimum absolute atomic E-state index is 0.407. The topological polar surface area (TPSA) is 3.24 Å². The summed E-state index contributed by atoms with van der Waals surface area (Å²) in [7, 11) is 0. The number of halogens is 2. The van der Waals surface area contributed by atoms with Crippen LogP contribution in [0.15, 0.2) is 18.2 Å². The molecule has 0 amide bonds. The summed E-state index contributed by atoms with van der Waals surface area (Å²) in [6.07, 6.45) is 2.58. The molecule has 0 spiro atoms. The molecule has 17 heavy (non-hydrogen) atoms. The number of nitrogens with zero attached hydrogens (tertiary/aromatic N) is 1. The van der Waals surface area contributed by atoms with Crippen LogP contribution in [-0.4, -0.2) is 13.1 Å². The molecule has 1 heterocycles. The lowest BCUT2D eigenvalue weighted by atomic mass is 9.84. The Labute approximate surface area is 117 Å². The molecular weight excluding hydrogens is 298 g/mol. The van der Waals surface area contributed by atoms with E-state index in [2.05, 4.69) is 40.7 Å². The lowest BCUT2D eigenvalue weighted by Gasteiger charge is -2.40. The monoisotopic (exact) mass is 315 g/mol. The van der Waals surface area contributed by atoms with E-state index in [0.29, 0.717) is 5.41 Å². The van der Waals surface area contributed by atoms with Crippen LogP contribution in [0.25, 0.3) is 0 Å². The Hall–Kier alpha value is -0.210. The van der Waals surface area contributed by atoms with Gasteiger partial charge < -0.3 is 4.90 Å². The number of benzene rings is 1. The molecular formula is C14H19BrClN. The van der Waals surface area contributed by atoms with Gasteiger partial charge >= 0.3 is 0 Å². The number of rotatable bonds is 2. The molecule has 1 nitrogen and oxygen atoms in total. The van der Waals surface area contributed by atoms with E-state index in [-0.39, 0.29) is 0 Å². The first-order valence-electron chi connectivity index (χ1n) is 6.12. The predicted octanol–water partition coefficient (Wildman–Crippen LogP) is 4.86. The fourth-order valence-corrected chi connectivity index (χ4v) is 3.59. The van der Waals surface area contributed by atoms with Gasteiger partial charge in [0, 0.05) is 34.7 Å². The average molecular weight is 317 g/mol. The minimum Gasteiger partial charge on any atom is -0.371 e. The standard InChI is InChI=1S/C14H19BrClN/c1-14(2)7-4-8-17(10-14)13-6-3-5-12(16)11(13)9-15/h3,5-6H,4,7-10H2,1-2H3. The Bertz CT molecular complexity index is 403. The Balaban J connectivity index is 2.30. The first-order valence-corrected chi connectivity index (χ1v) is 7.62. The molecule has 94 valence electrons. The highest BCUT2D eigenvalue weighted by Gasteiger charge is 2.27. The molecule has 0 unspecified atom stereocenters. The van der Waals surface area contributed by atoms with Gasteiger partial charge in [0.15, 0.2) is 0 Å². The molecule has 2 rings (SSSR count). The Morgan fingerprint density at radius 1 is 1.41 bits per heavy atom. The van der Waals surface area contributed by atoms with Gasteiger partial charge in [-0.3, -0.25) is 0 Å². The zero-order chi connectivity index (χ0) is 12.5. The number of anilines is 1. The van der Waals surface area contributed by atoms with Gasteiger partial charge in [0.2, 0.25) is 0 Å². The minimum atomic E-state index is 0.407. The average Bonchev–Trinajstić information content (AvgIpc) is 2.27. The molecule has 0 N–H and O–H groups in total. The zero-order valence-corrected chi connectivity index (χ0v) is 12.8. The van der Waals surface area contributed by atoms with Crippen LogP contribution in [0.4, 0.5) is 5.69 Å². The molecule has 1 aromatic carbocycles. The summed E-state index contributed by atoms with van der Waals surface area (Å²) < 4.78 is 0. The van der Waals surface area contributed by atoms with Crippen molar-refractivity contribution in [2.45, 2.75) is 32.0 Å². The zero-order valence-electron chi connectivity index (χ0n) is 10.5. The Morgan fingerprint density at radius 2 is 2.18 bits per heavy atom. The highest BCUT2D eigenvalue weighted by molar-refractivity contribution is 9.08. The fourth-order valence-electron chi connectivity index (χ4n) is 2.60. The van der Waals surface area contributed by atoms with Gasteiger partial charge in [0.25, 0.3) is 0 Å². The largest absolute Gasteiger partial charge is 0.371 e. The summed E-state index contributed by atoms with van der Waals surface area (Å²) in [6.45, 7) is 6.95. The molecule has 1 aliphatic heterocycles. The van der Waals surface area contributed by atoms with E-state index in [1.54, 1.807) is 0 Å². The van der Waals surface area contributed by atoms with Crippen LogP contribution in [0, 0.1) is 5.41 Å². The van der Waals surface area contributed by atoms with E-state index >= 15 is 0 Å². The lowest BCUT2D eigenvalue weighted by Crippen LogP contribution is -2.40. The van der Waals surface area contributed by atoms with E-state index in [9.17, 15) is 0 Å². The molecule has 0 radical (unpaired) electrons. The normalized spacial score (nSPS) is 19.4. The molecule has 1 saturated heterocycles. The van der Waals surface area contributed by atoms with Crippen molar-refractivity contribution in [3.8, 4) is 0 Å². The lowest BCUT2D eigenvalue weighted by molar-refractivity contribution is 0.293. The van der Waals surface area contributed by atoms with Crippen LogP contribution in [0.5, 0.6) is 0 Å². The molecule has 0 atom stereocenters. The Kier molecular flexibility index (Phi) is 4.04. The Morgan fingerprint density at radius 3 is 2.82 bits per heavy atom. The summed E-state index contributed by atoms with van der Waals surface area (Å²) in [5, 5.41) is 1.68. The first kappa shape index (κ1) is 13.2. The van der Waals surface area contributed by atoms with Crippen LogP contribution in [0.2, 0.25) is 5.02 Å². The van der Waals surface area contributed by atoms with Crippen molar-refractivity contribution in [1.82, 2.24) is 0 Å². The van der Waals surface area contributed by atoms with Crippen molar-refractivity contribution in [3.63, 3.8) is 0 Å². The molecule has 3 heteroatoms. The summed E-state index contributed by atoms with van der Waals surface area (Å²) in [5.74, 6) is 0. The molecule has 0 aliphatic carbocycles. The maximum Gasteiger partial charge on any atom is 0.0467 e. The highest BCUT2D eigenvalue weighted by Crippen LogP contribution is 2.35. The maximum absolute atomic E-state index is 6.26. The second-order valence-corrected chi connectivity index (χ2v) is 6.53. The SMILES string of the molecule is CC1(C)CCCN(c2cccc(Cl)c2CBr)C1. The fraction of sp³-hybridized carbons (Fsp3) is 0.571. The van der Waals surface area contributed by atoms with Gasteiger partial charge in [0.05, 0.1) is 0 Å². The van der Waals surface area contributed by atoms with Crippen molar-refractivity contribution < 1.29 is 0 Å². The van der Waals surface area contributed by atoms with Gasteiger partial charge in [-0.2, -0.15) is 0 Å². The molecule has 1 fully saturated rings. The van der Waals surface area contributed by atoms with E-state index in [1.807, 2.05) is 12.1 Å². The van der Waals surface area contributed by atoms with E-state index < -0.39 is 0 Å².